The third kappa shape index (κ3) is 3.27. The predicted octanol–water partition coefficient (Wildman–Crippen LogP) is 2.22. The second-order valence-electron chi connectivity index (χ2n) is 3.56. The van der Waals surface area contributed by atoms with Crippen molar-refractivity contribution in [2.45, 2.75) is 26.8 Å². The Balaban J connectivity index is 2.87. The molecule has 0 aliphatic rings. The van der Waals surface area contributed by atoms with Crippen LogP contribution in [-0.2, 0) is 0 Å². The van der Waals surface area contributed by atoms with E-state index in [1.807, 2.05) is 32.9 Å². The average Bonchev–Trinajstić information content (AvgIpc) is 2.18. The smallest absolute Gasteiger partial charge is 0.255 e. The van der Waals surface area contributed by atoms with E-state index in [9.17, 15) is 4.79 Å². The molecule has 1 aromatic rings. The lowest BCUT2D eigenvalue weighted by Crippen LogP contribution is -2.30. The van der Waals surface area contributed by atoms with E-state index in [4.69, 9.17) is 4.74 Å². The topological polar surface area (TPSA) is 38.3 Å². The van der Waals surface area contributed by atoms with E-state index in [0.29, 0.717) is 17.9 Å². The maximum Gasteiger partial charge on any atom is 0.255 e. The van der Waals surface area contributed by atoms with Crippen LogP contribution in [0.5, 0.6) is 5.75 Å². The third-order valence-electron chi connectivity index (χ3n) is 1.85. The number of carbonyl (C=O) groups is 1. The van der Waals surface area contributed by atoms with Crippen LogP contribution in [0.15, 0.2) is 24.3 Å². The Morgan fingerprint density at radius 2 is 2.07 bits per heavy atom. The minimum Gasteiger partial charge on any atom is -0.493 e. The standard InChI is InChI=1S/C12H17NO2/c1-4-15-11-8-6-5-7-10(11)12(14)13-9(2)3/h5-9H,4H2,1-3H3,(H,13,14). The van der Waals surface area contributed by atoms with E-state index in [0.717, 1.165) is 0 Å². The number of ether oxygens (including phenoxy) is 1. The first-order valence-electron chi connectivity index (χ1n) is 5.17. The molecule has 0 saturated heterocycles. The molecule has 0 atom stereocenters. The summed E-state index contributed by atoms with van der Waals surface area (Å²) in [5.41, 5.74) is 0.591. The Bertz CT molecular complexity index is 334. The van der Waals surface area contributed by atoms with Gasteiger partial charge in [-0.2, -0.15) is 0 Å². The van der Waals surface area contributed by atoms with Crippen molar-refractivity contribution in [2.24, 2.45) is 0 Å². The zero-order valence-electron chi connectivity index (χ0n) is 9.41. The van der Waals surface area contributed by atoms with E-state index >= 15 is 0 Å². The second-order valence-corrected chi connectivity index (χ2v) is 3.56. The van der Waals surface area contributed by atoms with Gasteiger partial charge in [0.2, 0.25) is 0 Å². The summed E-state index contributed by atoms with van der Waals surface area (Å²) < 4.78 is 5.38. The summed E-state index contributed by atoms with van der Waals surface area (Å²) in [5.74, 6) is 0.548. The molecular weight excluding hydrogens is 190 g/mol. The first-order chi connectivity index (χ1) is 7.15. The lowest BCUT2D eigenvalue weighted by Gasteiger charge is -2.12. The summed E-state index contributed by atoms with van der Waals surface area (Å²) in [6.07, 6.45) is 0. The predicted molar refractivity (Wildman–Crippen MR) is 60.2 cm³/mol. The molecule has 82 valence electrons. The summed E-state index contributed by atoms with van der Waals surface area (Å²) in [6.45, 7) is 6.32. The van der Waals surface area contributed by atoms with Crippen LogP contribution in [0.1, 0.15) is 31.1 Å². The molecule has 0 radical (unpaired) electrons. The van der Waals surface area contributed by atoms with Gasteiger partial charge in [0, 0.05) is 6.04 Å². The van der Waals surface area contributed by atoms with Gasteiger partial charge in [0.05, 0.1) is 12.2 Å². The molecule has 0 saturated carbocycles. The molecule has 0 heterocycles. The highest BCUT2D eigenvalue weighted by molar-refractivity contribution is 5.97. The molecule has 1 rings (SSSR count). The largest absolute Gasteiger partial charge is 0.493 e. The normalized spacial score (nSPS) is 10.1. The summed E-state index contributed by atoms with van der Waals surface area (Å²) >= 11 is 0. The van der Waals surface area contributed by atoms with Crippen LogP contribution in [0.25, 0.3) is 0 Å². The molecule has 0 fully saturated rings. The monoisotopic (exact) mass is 207 g/mol. The summed E-state index contributed by atoms with van der Waals surface area (Å²) in [5, 5.41) is 2.84. The highest BCUT2D eigenvalue weighted by Crippen LogP contribution is 2.17. The fourth-order valence-corrected chi connectivity index (χ4v) is 1.28. The minimum atomic E-state index is -0.0888. The molecule has 1 amide bonds. The van der Waals surface area contributed by atoms with Crippen LogP contribution in [0, 0.1) is 0 Å². The average molecular weight is 207 g/mol. The van der Waals surface area contributed by atoms with Gasteiger partial charge in [0.15, 0.2) is 0 Å². The van der Waals surface area contributed by atoms with Gasteiger partial charge in [-0.1, -0.05) is 12.1 Å². The van der Waals surface area contributed by atoms with Gasteiger partial charge in [-0.05, 0) is 32.9 Å². The van der Waals surface area contributed by atoms with E-state index in [1.165, 1.54) is 0 Å². The van der Waals surface area contributed by atoms with Crippen LogP contribution >= 0.6 is 0 Å². The van der Waals surface area contributed by atoms with Crippen molar-refractivity contribution in [3.05, 3.63) is 29.8 Å². The number of nitrogens with one attached hydrogen (secondary N) is 1. The fourth-order valence-electron chi connectivity index (χ4n) is 1.28. The van der Waals surface area contributed by atoms with Crippen molar-refractivity contribution < 1.29 is 9.53 Å². The van der Waals surface area contributed by atoms with Crippen LogP contribution in [0.3, 0.4) is 0 Å². The zero-order chi connectivity index (χ0) is 11.3. The molecule has 0 unspecified atom stereocenters. The van der Waals surface area contributed by atoms with E-state index in [2.05, 4.69) is 5.32 Å². The van der Waals surface area contributed by atoms with Crippen LogP contribution < -0.4 is 10.1 Å². The van der Waals surface area contributed by atoms with E-state index < -0.39 is 0 Å². The maximum absolute atomic E-state index is 11.8. The molecular formula is C12H17NO2. The van der Waals surface area contributed by atoms with Crippen molar-refractivity contribution in [3.8, 4) is 5.75 Å². The Kier molecular flexibility index (Phi) is 4.16. The van der Waals surface area contributed by atoms with Crippen molar-refractivity contribution in [2.75, 3.05) is 6.61 Å². The van der Waals surface area contributed by atoms with Gasteiger partial charge >= 0.3 is 0 Å². The van der Waals surface area contributed by atoms with Crippen LogP contribution in [-0.4, -0.2) is 18.6 Å². The fraction of sp³-hybridized carbons (Fsp3) is 0.417. The lowest BCUT2D eigenvalue weighted by atomic mass is 10.2. The Hall–Kier alpha value is -1.51. The third-order valence-corrected chi connectivity index (χ3v) is 1.85. The highest BCUT2D eigenvalue weighted by Gasteiger charge is 2.11. The van der Waals surface area contributed by atoms with Crippen molar-refractivity contribution in [1.29, 1.82) is 0 Å². The molecule has 0 aromatic heterocycles. The number of hydrogen-bond acceptors (Lipinski definition) is 2. The summed E-state index contributed by atoms with van der Waals surface area (Å²) in [7, 11) is 0. The molecule has 15 heavy (non-hydrogen) atoms. The number of amides is 1. The number of carbonyl (C=O) groups excluding carboxylic acids is 1. The van der Waals surface area contributed by atoms with Gasteiger partial charge in [-0.25, -0.2) is 0 Å². The summed E-state index contributed by atoms with van der Waals surface area (Å²) in [4.78, 5) is 11.8. The molecule has 0 aliphatic heterocycles. The molecule has 0 bridgehead atoms. The van der Waals surface area contributed by atoms with Crippen LogP contribution in [0.2, 0.25) is 0 Å². The SMILES string of the molecule is CCOc1ccccc1C(=O)NC(C)C. The molecule has 3 nitrogen and oxygen atoms in total. The second kappa shape index (κ2) is 5.39. The molecule has 3 heteroatoms. The Morgan fingerprint density at radius 3 is 2.67 bits per heavy atom. The highest BCUT2D eigenvalue weighted by atomic mass is 16.5. The van der Waals surface area contributed by atoms with Crippen molar-refractivity contribution in [1.82, 2.24) is 5.32 Å². The van der Waals surface area contributed by atoms with Gasteiger partial charge in [-0.15, -0.1) is 0 Å². The van der Waals surface area contributed by atoms with Crippen molar-refractivity contribution in [3.63, 3.8) is 0 Å². The molecule has 0 spiro atoms. The van der Waals surface area contributed by atoms with Crippen molar-refractivity contribution >= 4 is 5.91 Å². The van der Waals surface area contributed by atoms with E-state index in [-0.39, 0.29) is 11.9 Å². The van der Waals surface area contributed by atoms with Crippen LogP contribution in [0.4, 0.5) is 0 Å². The van der Waals surface area contributed by atoms with E-state index in [1.54, 1.807) is 12.1 Å². The zero-order valence-corrected chi connectivity index (χ0v) is 9.41. The number of rotatable bonds is 4. The minimum absolute atomic E-state index is 0.0888. The number of para-hydroxylation sites is 1. The lowest BCUT2D eigenvalue weighted by molar-refractivity contribution is 0.0939. The maximum atomic E-state index is 11.8. The Labute approximate surface area is 90.4 Å². The first-order valence-corrected chi connectivity index (χ1v) is 5.17. The summed E-state index contributed by atoms with van der Waals surface area (Å²) in [6, 6.07) is 7.39. The Morgan fingerprint density at radius 1 is 1.40 bits per heavy atom. The first kappa shape index (κ1) is 11.6. The van der Waals surface area contributed by atoms with Gasteiger partial charge < -0.3 is 10.1 Å². The van der Waals surface area contributed by atoms with Gasteiger partial charge in [-0.3, -0.25) is 4.79 Å². The molecule has 1 aromatic carbocycles. The number of hydrogen-bond donors (Lipinski definition) is 1. The quantitative estimate of drug-likeness (QED) is 0.822. The van der Waals surface area contributed by atoms with Gasteiger partial charge in [0.25, 0.3) is 5.91 Å². The molecule has 1 N–H and O–H groups in total. The molecule has 0 aliphatic carbocycles. The number of benzene rings is 1. The van der Waals surface area contributed by atoms with Gasteiger partial charge in [0.1, 0.15) is 5.75 Å².